The van der Waals surface area contributed by atoms with Gasteiger partial charge in [-0.15, -0.1) is 11.3 Å². The van der Waals surface area contributed by atoms with Crippen LogP contribution in [0.25, 0.3) is 0 Å². The zero-order chi connectivity index (χ0) is 34.9. The maximum Gasteiger partial charge on any atom is 0.336 e. The van der Waals surface area contributed by atoms with Crippen molar-refractivity contribution < 1.29 is 33.3 Å². The molecule has 7 rings (SSSR count). The first-order chi connectivity index (χ1) is 24.3. The maximum absolute atomic E-state index is 14.1. The molecule has 0 spiro atoms. The van der Waals surface area contributed by atoms with Crippen LogP contribution in [-0.4, -0.2) is 104 Å². The van der Waals surface area contributed by atoms with E-state index in [1.807, 2.05) is 10.3 Å². The van der Waals surface area contributed by atoms with Gasteiger partial charge in [-0.1, -0.05) is 29.3 Å². The quantitative estimate of drug-likeness (QED) is 0.361. The molecule has 5 aliphatic rings. The summed E-state index contributed by atoms with van der Waals surface area (Å²) in [5, 5.41) is 6.62. The van der Waals surface area contributed by atoms with Gasteiger partial charge in [-0.25, -0.2) is 14.6 Å². The van der Waals surface area contributed by atoms with Crippen LogP contribution in [0.1, 0.15) is 48.6 Å². The van der Waals surface area contributed by atoms with Crippen LogP contribution >= 0.6 is 34.5 Å². The van der Waals surface area contributed by atoms with Gasteiger partial charge in [0.15, 0.2) is 0 Å². The molecule has 4 fully saturated rings. The number of aryl methyl sites for hydroxylation is 1. The van der Waals surface area contributed by atoms with Crippen molar-refractivity contribution in [2.75, 3.05) is 53.6 Å². The number of aromatic nitrogens is 1. The van der Waals surface area contributed by atoms with Crippen LogP contribution < -0.4 is 5.32 Å². The van der Waals surface area contributed by atoms with Crippen molar-refractivity contribution in [1.82, 2.24) is 20.1 Å². The number of halogens is 2. The minimum atomic E-state index is -1.04. The second kappa shape index (κ2) is 15.3. The van der Waals surface area contributed by atoms with Crippen molar-refractivity contribution in [3.8, 4) is 0 Å². The average molecular weight is 746 g/mol. The number of hydrogen-bond donors (Lipinski definition) is 1. The number of methoxy groups -OCH3 is 2. The molecule has 1 aromatic heterocycles. The summed E-state index contributed by atoms with van der Waals surface area (Å²) in [4.78, 5) is 50.1. The Balaban J connectivity index is 1.14. The summed E-state index contributed by atoms with van der Waals surface area (Å²) in [6, 6.07) is 5.45. The lowest BCUT2D eigenvalue weighted by molar-refractivity contribution is -0.137. The number of piperazine rings is 1. The number of thiazole rings is 1. The first-order valence-electron chi connectivity index (χ1n) is 17.2. The number of amides is 1. The molecule has 268 valence electrons. The molecule has 1 N–H and O–H groups in total. The number of carbonyl (C=O) groups is 3. The number of allylic oxidation sites excluding steroid dienone is 1. The van der Waals surface area contributed by atoms with Gasteiger partial charge in [-0.3, -0.25) is 9.69 Å². The van der Waals surface area contributed by atoms with E-state index in [4.69, 9.17) is 42.1 Å². The number of esters is 2. The van der Waals surface area contributed by atoms with Crippen molar-refractivity contribution in [2.24, 2.45) is 11.8 Å². The van der Waals surface area contributed by atoms with E-state index in [2.05, 4.69) is 15.2 Å². The molecule has 4 bridgehead atoms. The van der Waals surface area contributed by atoms with Crippen molar-refractivity contribution in [2.45, 2.75) is 62.7 Å². The zero-order valence-electron chi connectivity index (χ0n) is 28.2. The van der Waals surface area contributed by atoms with Gasteiger partial charge in [0.25, 0.3) is 0 Å². The molecule has 4 heterocycles. The predicted octanol–water partition coefficient (Wildman–Crippen LogP) is 4.74. The summed E-state index contributed by atoms with van der Waals surface area (Å²) in [7, 11) is 2.55. The Kier molecular flexibility index (Phi) is 10.8. The van der Waals surface area contributed by atoms with E-state index >= 15 is 0 Å². The second-order valence-electron chi connectivity index (χ2n) is 13.5. The molecular formula is C36H42Cl2N4O7S. The van der Waals surface area contributed by atoms with Gasteiger partial charge in [-0.05, 0) is 43.7 Å². The standard InChI is InChI=1S/C36H42Cl2N4O7S/c1-46-35(44)31-25(6-7-28-39-8-15-50-28)40-26(32(36(45)47-2)33(31)30-23(37)4-3-5-24(30)38)19-29(43)42-11-9-41(10-12-42)21-16-20-17-27-22(18-21)34(20)49-14-13-48-27/h3-5,8,15,20-22,27,33-34,40H,6-7,9-14,16-19H2,1-2H3. The summed E-state index contributed by atoms with van der Waals surface area (Å²) in [5.41, 5.74) is 1.49. The van der Waals surface area contributed by atoms with Crippen LogP contribution in [0.5, 0.6) is 0 Å². The lowest BCUT2D eigenvalue weighted by atomic mass is 9.78. The minimum Gasteiger partial charge on any atom is -0.466 e. The highest BCUT2D eigenvalue weighted by molar-refractivity contribution is 7.09. The number of ether oxygens (including phenoxy) is 4. The van der Waals surface area contributed by atoms with E-state index in [1.165, 1.54) is 25.6 Å². The molecular weight excluding hydrogens is 703 g/mol. The van der Waals surface area contributed by atoms with Crippen LogP contribution in [0, 0.1) is 11.8 Å². The second-order valence-corrected chi connectivity index (χ2v) is 15.3. The van der Waals surface area contributed by atoms with Crippen LogP contribution in [0.2, 0.25) is 10.0 Å². The maximum atomic E-state index is 14.1. The Morgan fingerprint density at radius 3 is 2.32 bits per heavy atom. The van der Waals surface area contributed by atoms with Gasteiger partial charge in [0.2, 0.25) is 5.91 Å². The molecule has 6 unspecified atom stereocenters. The van der Waals surface area contributed by atoms with Gasteiger partial charge < -0.3 is 29.2 Å². The fourth-order valence-corrected chi connectivity index (χ4v) is 9.95. The summed E-state index contributed by atoms with van der Waals surface area (Å²) in [6.45, 7) is 4.05. The fraction of sp³-hybridized carbons (Fsp3) is 0.556. The van der Waals surface area contributed by atoms with E-state index in [9.17, 15) is 14.4 Å². The van der Waals surface area contributed by atoms with E-state index in [-0.39, 0.29) is 33.5 Å². The summed E-state index contributed by atoms with van der Waals surface area (Å²) in [6.07, 6.45) is 6.34. The fourth-order valence-electron chi connectivity index (χ4n) is 8.71. The van der Waals surface area contributed by atoms with Gasteiger partial charge in [0, 0.05) is 83.1 Å². The van der Waals surface area contributed by atoms with Gasteiger partial charge in [0.1, 0.15) is 0 Å². The molecule has 0 radical (unpaired) electrons. The first-order valence-corrected chi connectivity index (χ1v) is 18.9. The van der Waals surface area contributed by atoms with Crippen LogP contribution in [-0.2, 0) is 39.8 Å². The third-order valence-corrected chi connectivity index (χ3v) is 12.5. The number of rotatable bonds is 9. The van der Waals surface area contributed by atoms with Crippen molar-refractivity contribution in [1.29, 1.82) is 0 Å². The van der Waals surface area contributed by atoms with E-state index in [0.29, 0.717) is 86.2 Å². The van der Waals surface area contributed by atoms with Crippen LogP contribution in [0.4, 0.5) is 0 Å². The minimum absolute atomic E-state index is 0.0940. The van der Waals surface area contributed by atoms with Gasteiger partial charge in [-0.2, -0.15) is 0 Å². The highest BCUT2D eigenvalue weighted by atomic mass is 35.5. The number of dihydropyridines is 1. The van der Waals surface area contributed by atoms with Crippen molar-refractivity contribution in [3.63, 3.8) is 0 Å². The summed E-state index contributed by atoms with van der Waals surface area (Å²) >= 11 is 15.0. The normalized spacial score (nSPS) is 28.3. The van der Waals surface area contributed by atoms with E-state index < -0.39 is 17.9 Å². The number of carbonyl (C=O) groups excluding carboxylic acids is 3. The SMILES string of the molecule is COC(=O)C1=C(CCc2nccs2)NC(CC(=O)N2CCN(C3CC4CC5OCCOC4C5C3)CC2)=C(C(=O)OC)C1c1c(Cl)cccc1Cl. The van der Waals surface area contributed by atoms with E-state index in [1.54, 1.807) is 24.4 Å². The Morgan fingerprint density at radius 1 is 0.940 bits per heavy atom. The third kappa shape index (κ3) is 6.95. The summed E-state index contributed by atoms with van der Waals surface area (Å²) < 4.78 is 22.8. The molecule has 50 heavy (non-hydrogen) atoms. The van der Waals surface area contributed by atoms with Crippen molar-refractivity contribution in [3.05, 3.63) is 72.9 Å². The average Bonchev–Trinajstić information content (AvgIpc) is 3.63. The number of nitrogens with zero attached hydrogens (tertiary/aromatic N) is 3. The van der Waals surface area contributed by atoms with Crippen LogP contribution in [0.15, 0.2) is 52.3 Å². The molecule has 1 amide bonds. The monoisotopic (exact) mass is 744 g/mol. The van der Waals surface area contributed by atoms with Crippen LogP contribution in [0.3, 0.4) is 0 Å². The summed E-state index contributed by atoms with van der Waals surface area (Å²) in [5.74, 6) is -1.56. The molecule has 14 heteroatoms. The zero-order valence-corrected chi connectivity index (χ0v) is 30.5. The third-order valence-electron chi connectivity index (χ3n) is 11.0. The Morgan fingerprint density at radius 2 is 1.64 bits per heavy atom. The number of benzene rings is 1. The first kappa shape index (κ1) is 35.4. The Hall–Kier alpha value is -3.00. The lowest BCUT2D eigenvalue weighted by Crippen LogP contribution is -2.54. The number of hydrogen-bond acceptors (Lipinski definition) is 11. The highest BCUT2D eigenvalue weighted by Crippen LogP contribution is 2.48. The molecule has 1 aromatic carbocycles. The molecule has 6 atom stereocenters. The number of nitrogens with one attached hydrogen (secondary N) is 1. The van der Waals surface area contributed by atoms with Crippen molar-refractivity contribution >= 4 is 52.4 Å². The molecule has 2 saturated heterocycles. The molecule has 11 nitrogen and oxygen atoms in total. The molecule has 2 saturated carbocycles. The molecule has 2 aromatic rings. The van der Waals surface area contributed by atoms with E-state index in [0.717, 1.165) is 37.4 Å². The van der Waals surface area contributed by atoms with Gasteiger partial charge in [0.05, 0.1) is 68.1 Å². The predicted molar refractivity (Wildman–Crippen MR) is 188 cm³/mol. The highest BCUT2D eigenvalue weighted by Gasteiger charge is 2.52. The largest absolute Gasteiger partial charge is 0.466 e. The Bertz CT molecular complexity index is 1660. The molecule has 2 aliphatic carbocycles. The van der Waals surface area contributed by atoms with Gasteiger partial charge >= 0.3 is 11.9 Å². The lowest BCUT2D eigenvalue weighted by Gasteiger charge is -2.44. The smallest absolute Gasteiger partial charge is 0.336 e. The topological polar surface area (TPSA) is 120 Å². The Labute approximate surface area is 305 Å². The molecule has 3 aliphatic heterocycles.